The molecule has 0 spiro atoms. The molecule has 2 aromatic rings. The van der Waals surface area contributed by atoms with E-state index in [1.165, 1.54) is 36.2 Å². The monoisotopic (exact) mass is 588 g/mol. The molecule has 0 radical (unpaired) electrons. The molecular formula is C34H40N2O7. The quantitative estimate of drug-likeness (QED) is 0.368. The largest absolute Gasteiger partial charge is 0.499 e. The summed E-state index contributed by atoms with van der Waals surface area (Å²) in [6.45, 7) is 7.19. The minimum atomic E-state index is -1.14. The van der Waals surface area contributed by atoms with Crippen molar-refractivity contribution in [2.24, 2.45) is 11.8 Å². The Hall–Kier alpha value is -4.24. The van der Waals surface area contributed by atoms with Gasteiger partial charge in [0.1, 0.15) is 35.8 Å². The van der Waals surface area contributed by atoms with Gasteiger partial charge in [0.2, 0.25) is 0 Å². The number of carbonyl (C=O) groups excluding carboxylic acids is 4. The minimum Gasteiger partial charge on any atom is -0.499 e. The zero-order chi connectivity index (χ0) is 31.3. The van der Waals surface area contributed by atoms with E-state index in [0.29, 0.717) is 24.4 Å². The van der Waals surface area contributed by atoms with E-state index in [4.69, 9.17) is 14.2 Å². The number of benzene rings is 2. The molecule has 4 amide bonds. The molecule has 9 heteroatoms. The molecule has 0 N–H and O–H groups in total. The van der Waals surface area contributed by atoms with E-state index in [1.807, 2.05) is 60.7 Å². The maximum atomic E-state index is 14.1. The lowest BCUT2D eigenvalue weighted by Gasteiger charge is -2.35. The fourth-order valence-corrected chi connectivity index (χ4v) is 5.54. The van der Waals surface area contributed by atoms with Crippen molar-refractivity contribution >= 4 is 23.6 Å². The van der Waals surface area contributed by atoms with E-state index in [2.05, 4.69) is 0 Å². The average Bonchev–Trinajstić information content (AvgIpc) is 3.47. The topological polar surface area (TPSA) is 102 Å². The van der Waals surface area contributed by atoms with Crippen molar-refractivity contribution in [2.75, 3.05) is 14.2 Å². The molecule has 2 aromatic carbocycles. The molecule has 0 unspecified atom stereocenters. The summed E-state index contributed by atoms with van der Waals surface area (Å²) in [7, 11) is 2.94. The first kappa shape index (κ1) is 31.7. The number of carbonyl (C=O) groups is 4. The van der Waals surface area contributed by atoms with Crippen LogP contribution in [-0.4, -0.2) is 71.9 Å². The van der Waals surface area contributed by atoms with Crippen LogP contribution in [0, 0.1) is 11.8 Å². The third-order valence-electron chi connectivity index (χ3n) is 7.77. The number of hydrogen-bond acceptors (Lipinski definition) is 7. The van der Waals surface area contributed by atoms with Gasteiger partial charge in [-0.15, -0.1) is 0 Å². The molecule has 0 bridgehead atoms. The fourth-order valence-electron chi connectivity index (χ4n) is 5.54. The highest BCUT2D eigenvalue weighted by Crippen LogP contribution is 2.30. The summed E-state index contributed by atoms with van der Waals surface area (Å²) in [5.41, 5.74) is 1.86. The second-order valence-electron chi connectivity index (χ2n) is 11.5. The van der Waals surface area contributed by atoms with Crippen LogP contribution in [0.4, 0.5) is 0 Å². The molecule has 0 aromatic heterocycles. The number of hydrogen-bond donors (Lipinski definition) is 0. The van der Waals surface area contributed by atoms with Gasteiger partial charge in [-0.05, 0) is 23.0 Å². The van der Waals surface area contributed by atoms with Crippen LogP contribution in [0.3, 0.4) is 0 Å². The number of amides is 4. The molecule has 4 rings (SSSR count). The highest BCUT2D eigenvalue weighted by Gasteiger charge is 2.46. The zero-order valence-electron chi connectivity index (χ0n) is 25.6. The van der Waals surface area contributed by atoms with Gasteiger partial charge in [0, 0.05) is 25.0 Å². The van der Waals surface area contributed by atoms with Gasteiger partial charge in [-0.2, -0.15) is 0 Å². The molecule has 2 aliphatic rings. The molecule has 0 saturated heterocycles. The lowest BCUT2D eigenvalue weighted by Crippen LogP contribution is -2.54. The van der Waals surface area contributed by atoms with Crippen LogP contribution in [0.1, 0.15) is 38.8 Å². The van der Waals surface area contributed by atoms with Crippen molar-refractivity contribution in [3.63, 3.8) is 0 Å². The summed E-state index contributed by atoms with van der Waals surface area (Å²) in [6, 6.07) is 17.7. The second-order valence-corrected chi connectivity index (χ2v) is 11.5. The third kappa shape index (κ3) is 6.88. The molecule has 228 valence electrons. The van der Waals surface area contributed by atoms with Gasteiger partial charge in [-0.3, -0.25) is 29.0 Å². The maximum Gasteiger partial charge on any atom is 0.259 e. The summed E-state index contributed by atoms with van der Waals surface area (Å²) in [5.74, 6) is -2.15. The zero-order valence-corrected chi connectivity index (χ0v) is 25.6. The summed E-state index contributed by atoms with van der Waals surface area (Å²) in [6.07, 6.45) is 1.10. The van der Waals surface area contributed by atoms with Gasteiger partial charge in [0.05, 0.1) is 14.2 Å². The van der Waals surface area contributed by atoms with Crippen LogP contribution in [0.5, 0.6) is 0 Å². The molecule has 0 fully saturated rings. The summed E-state index contributed by atoms with van der Waals surface area (Å²) in [5, 5.41) is 0. The Labute approximate surface area is 253 Å². The van der Waals surface area contributed by atoms with Crippen molar-refractivity contribution in [3.8, 4) is 0 Å². The Kier molecular flexibility index (Phi) is 10.2. The first-order chi connectivity index (χ1) is 20.6. The van der Waals surface area contributed by atoms with Crippen LogP contribution >= 0.6 is 0 Å². The van der Waals surface area contributed by atoms with Crippen LogP contribution in [-0.2, 0) is 46.2 Å². The number of ether oxygens (including phenoxy) is 3. The van der Waals surface area contributed by atoms with E-state index in [1.54, 1.807) is 27.7 Å². The van der Waals surface area contributed by atoms with E-state index >= 15 is 0 Å². The molecule has 0 saturated carbocycles. The average molecular weight is 589 g/mol. The van der Waals surface area contributed by atoms with Crippen molar-refractivity contribution < 1.29 is 33.4 Å². The first-order valence-corrected chi connectivity index (χ1v) is 14.6. The van der Waals surface area contributed by atoms with Gasteiger partial charge in [0.25, 0.3) is 23.6 Å². The van der Waals surface area contributed by atoms with E-state index in [9.17, 15) is 19.2 Å². The normalized spacial score (nSPS) is 19.9. The smallest absolute Gasteiger partial charge is 0.259 e. The molecule has 2 aliphatic heterocycles. The number of methoxy groups -OCH3 is 2. The van der Waals surface area contributed by atoms with Gasteiger partial charge < -0.3 is 14.2 Å². The van der Waals surface area contributed by atoms with E-state index in [0.717, 1.165) is 11.1 Å². The Morgan fingerprint density at radius 2 is 1.00 bits per heavy atom. The van der Waals surface area contributed by atoms with Crippen LogP contribution in [0.2, 0.25) is 0 Å². The molecule has 4 atom stereocenters. The molecule has 2 heterocycles. The van der Waals surface area contributed by atoms with Crippen molar-refractivity contribution in [2.45, 2.75) is 64.8 Å². The SMILES string of the molecule is COC1=CC(=O)N(C(=O)[C@@H](O[C@H](C(=O)N2C(=O)C=C(OC)[C@@H]2Cc2ccccc2)C(C)C)C(C)C)[C@H]1Cc1ccccc1. The number of nitrogens with zero attached hydrogens (tertiary/aromatic N) is 2. The summed E-state index contributed by atoms with van der Waals surface area (Å²) in [4.78, 5) is 56.8. The van der Waals surface area contributed by atoms with Gasteiger partial charge in [0.15, 0.2) is 0 Å². The molecular weight excluding hydrogens is 548 g/mol. The standard InChI is InChI=1S/C34H40N2O7/c1-21(2)31(33(39)35-25(27(41-5)19-29(35)37)17-23-13-9-7-10-14-23)43-32(22(3)4)34(40)36-26(28(42-6)20-30(36)38)18-24-15-11-8-12-16-24/h7-16,19-22,25-26,31-32H,17-18H2,1-6H3/t25-,26-,31-,32-/m0/s1. The maximum absolute atomic E-state index is 14.1. The molecule has 9 nitrogen and oxygen atoms in total. The van der Waals surface area contributed by atoms with Gasteiger partial charge >= 0.3 is 0 Å². The van der Waals surface area contributed by atoms with Crippen LogP contribution in [0.15, 0.2) is 84.3 Å². The Morgan fingerprint density at radius 1 is 0.651 bits per heavy atom. The second kappa shape index (κ2) is 13.8. The number of rotatable bonds is 12. The highest BCUT2D eigenvalue weighted by atomic mass is 16.5. The first-order valence-electron chi connectivity index (χ1n) is 14.6. The summed E-state index contributed by atoms with van der Waals surface area (Å²) < 4.78 is 17.3. The Morgan fingerprint density at radius 3 is 1.30 bits per heavy atom. The Balaban J connectivity index is 1.60. The minimum absolute atomic E-state index is 0.365. The third-order valence-corrected chi connectivity index (χ3v) is 7.77. The van der Waals surface area contributed by atoms with Crippen LogP contribution in [0.25, 0.3) is 0 Å². The fraction of sp³-hybridized carbons (Fsp3) is 0.412. The van der Waals surface area contributed by atoms with Crippen LogP contribution < -0.4 is 0 Å². The summed E-state index contributed by atoms with van der Waals surface area (Å²) >= 11 is 0. The number of imide groups is 2. The van der Waals surface area contributed by atoms with E-state index < -0.39 is 47.9 Å². The molecule has 0 aliphatic carbocycles. The molecule has 43 heavy (non-hydrogen) atoms. The van der Waals surface area contributed by atoms with Crippen molar-refractivity contribution in [3.05, 3.63) is 95.5 Å². The van der Waals surface area contributed by atoms with E-state index in [-0.39, 0.29) is 11.8 Å². The van der Waals surface area contributed by atoms with Crippen molar-refractivity contribution in [1.29, 1.82) is 0 Å². The predicted octanol–water partition coefficient (Wildman–Crippen LogP) is 4.07. The lowest BCUT2D eigenvalue weighted by atomic mass is 9.99. The highest BCUT2D eigenvalue weighted by molar-refractivity contribution is 6.07. The lowest BCUT2D eigenvalue weighted by molar-refractivity contribution is -0.169. The van der Waals surface area contributed by atoms with Crippen molar-refractivity contribution in [1.82, 2.24) is 9.80 Å². The predicted molar refractivity (Wildman–Crippen MR) is 160 cm³/mol. The van der Waals surface area contributed by atoms with Gasteiger partial charge in [-0.25, -0.2) is 0 Å². The van der Waals surface area contributed by atoms with Gasteiger partial charge in [-0.1, -0.05) is 88.4 Å². The Bertz CT molecular complexity index is 1280.